The van der Waals surface area contributed by atoms with Gasteiger partial charge in [0.2, 0.25) is 0 Å². The van der Waals surface area contributed by atoms with Gasteiger partial charge in [-0.15, -0.1) is 0 Å². The van der Waals surface area contributed by atoms with Crippen LogP contribution in [-0.4, -0.2) is 7.11 Å². The van der Waals surface area contributed by atoms with Crippen LogP contribution in [0.5, 0.6) is 5.75 Å². The van der Waals surface area contributed by atoms with Gasteiger partial charge in [-0.1, -0.05) is 38.5 Å². The van der Waals surface area contributed by atoms with Gasteiger partial charge in [0.15, 0.2) is 0 Å². The monoisotopic (exact) mass is 231 g/mol. The minimum Gasteiger partial charge on any atom is -0.496 e. The molecule has 0 aliphatic rings. The van der Waals surface area contributed by atoms with E-state index < -0.39 is 0 Å². The van der Waals surface area contributed by atoms with Gasteiger partial charge in [0, 0.05) is 12.0 Å². The van der Waals surface area contributed by atoms with Crippen LogP contribution in [0, 0.1) is 18.3 Å². The molecule has 0 heterocycles. The first kappa shape index (κ1) is 13.6. The number of nitriles is 1. The van der Waals surface area contributed by atoms with Gasteiger partial charge in [0.25, 0.3) is 0 Å². The number of hydrogen-bond acceptors (Lipinski definition) is 2. The molecule has 0 spiro atoms. The normalized spacial score (nSPS) is 11.1. The van der Waals surface area contributed by atoms with E-state index in [1.54, 1.807) is 7.11 Å². The van der Waals surface area contributed by atoms with Gasteiger partial charge in [-0.2, -0.15) is 5.26 Å². The van der Waals surface area contributed by atoms with Gasteiger partial charge in [-0.05, 0) is 24.3 Å². The maximum atomic E-state index is 8.70. The van der Waals surface area contributed by atoms with E-state index in [-0.39, 0.29) is 5.41 Å². The molecule has 0 aliphatic carbocycles. The van der Waals surface area contributed by atoms with Crippen molar-refractivity contribution in [3.63, 3.8) is 0 Å². The molecule has 1 aromatic rings. The first-order chi connectivity index (χ1) is 7.90. The standard InChI is InChI=1S/C15H21NO/c1-11-9-12(7-6-8-16)14(17-5)13(10-11)15(2,3)4/h9-10H,6-7H2,1-5H3. The fourth-order valence-corrected chi connectivity index (χ4v) is 2.02. The molecule has 2 heteroatoms. The zero-order chi connectivity index (χ0) is 13.1. The van der Waals surface area contributed by atoms with Crippen molar-refractivity contribution in [3.05, 3.63) is 28.8 Å². The molecule has 0 bridgehead atoms. The molecule has 1 aromatic carbocycles. The van der Waals surface area contributed by atoms with Gasteiger partial charge in [0.05, 0.1) is 13.2 Å². The lowest BCUT2D eigenvalue weighted by molar-refractivity contribution is 0.392. The van der Waals surface area contributed by atoms with Crippen molar-refractivity contribution in [2.24, 2.45) is 0 Å². The third-order valence-electron chi connectivity index (χ3n) is 2.83. The van der Waals surface area contributed by atoms with E-state index >= 15 is 0 Å². The molecular weight excluding hydrogens is 210 g/mol. The number of methoxy groups -OCH3 is 1. The highest BCUT2D eigenvalue weighted by Gasteiger charge is 2.21. The highest BCUT2D eigenvalue weighted by molar-refractivity contribution is 5.48. The Morgan fingerprint density at radius 2 is 1.94 bits per heavy atom. The molecule has 0 atom stereocenters. The van der Waals surface area contributed by atoms with Crippen LogP contribution in [0.4, 0.5) is 0 Å². The van der Waals surface area contributed by atoms with Crippen molar-refractivity contribution in [3.8, 4) is 11.8 Å². The molecule has 0 aliphatic heterocycles. The van der Waals surface area contributed by atoms with E-state index in [4.69, 9.17) is 10.00 Å². The predicted molar refractivity (Wildman–Crippen MR) is 70.4 cm³/mol. The molecule has 92 valence electrons. The molecule has 0 saturated heterocycles. The molecule has 0 saturated carbocycles. The van der Waals surface area contributed by atoms with Crippen LogP contribution in [0.3, 0.4) is 0 Å². The summed E-state index contributed by atoms with van der Waals surface area (Å²) in [4.78, 5) is 0. The van der Waals surface area contributed by atoms with Gasteiger partial charge in [-0.25, -0.2) is 0 Å². The molecule has 1 rings (SSSR count). The Morgan fingerprint density at radius 1 is 1.29 bits per heavy atom. The van der Waals surface area contributed by atoms with E-state index in [1.807, 2.05) is 0 Å². The number of ether oxygens (including phenoxy) is 1. The maximum absolute atomic E-state index is 8.70. The second-order valence-electron chi connectivity index (χ2n) is 5.41. The lowest BCUT2D eigenvalue weighted by atomic mass is 9.83. The number of aryl methyl sites for hydroxylation is 2. The van der Waals surface area contributed by atoms with Crippen LogP contribution < -0.4 is 4.74 Å². The molecule has 0 unspecified atom stereocenters. The fourth-order valence-electron chi connectivity index (χ4n) is 2.02. The quantitative estimate of drug-likeness (QED) is 0.793. The van der Waals surface area contributed by atoms with Crippen molar-refractivity contribution in [2.75, 3.05) is 7.11 Å². The average molecular weight is 231 g/mol. The van der Waals surface area contributed by atoms with E-state index in [9.17, 15) is 0 Å². The molecule has 0 radical (unpaired) electrons. The summed E-state index contributed by atoms with van der Waals surface area (Å²) in [6.07, 6.45) is 1.29. The van der Waals surface area contributed by atoms with Crippen LogP contribution in [0.2, 0.25) is 0 Å². The summed E-state index contributed by atoms with van der Waals surface area (Å²) in [6, 6.07) is 6.48. The van der Waals surface area contributed by atoms with E-state index in [0.717, 1.165) is 17.7 Å². The minimum atomic E-state index is 0.0543. The third kappa shape index (κ3) is 3.23. The summed E-state index contributed by atoms with van der Waals surface area (Å²) >= 11 is 0. The summed E-state index contributed by atoms with van der Waals surface area (Å²) in [7, 11) is 1.70. The van der Waals surface area contributed by atoms with Crippen molar-refractivity contribution in [1.82, 2.24) is 0 Å². The molecule has 0 N–H and O–H groups in total. The Morgan fingerprint density at radius 3 is 2.41 bits per heavy atom. The van der Waals surface area contributed by atoms with Gasteiger partial charge < -0.3 is 4.74 Å². The highest BCUT2D eigenvalue weighted by atomic mass is 16.5. The Labute approximate surface area is 104 Å². The smallest absolute Gasteiger partial charge is 0.125 e. The van der Waals surface area contributed by atoms with Gasteiger partial charge >= 0.3 is 0 Å². The predicted octanol–water partition coefficient (Wildman–Crippen LogP) is 3.76. The maximum Gasteiger partial charge on any atom is 0.125 e. The average Bonchev–Trinajstić information content (AvgIpc) is 2.24. The van der Waals surface area contributed by atoms with Gasteiger partial charge in [0.1, 0.15) is 5.75 Å². The zero-order valence-corrected chi connectivity index (χ0v) is 11.4. The Kier molecular flexibility index (Phi) is 4.17. The molecular formula is C15H21NO. The Hall–Kier alpha value is -1.49. The molecule has 0 amide bonds. The van der Waals surface area contributed by atoms with Crippen molar-refractivity contribution < 1.29 is 4.74 Å². The number of hydrogen-bond donors (Lipinski definition) is 0. The lowest BCUT2D eigenvalue weighted by Crippen LogP contribution is -2.14. The van der Waals surface area contributed by atoms with E-state index in [0.29, 0.717) is 6.42 Å². The van der Waals surface area contributed by atoms with Crippen LogP contribution in [0.15, 0.2) is 12.1 Å². The Bertz CT molecular complexity index is 435. The van der Waals surface area contributed by atoms with Crippen LogP contribution in [-0.2, 0) is 11.8 Å². The number of benzene rings is 1. The first-order valence-corrected chi connectivity index (χ1v) is 5.95. The summed E-state index contributed by atoms with van der Waals surface area (Å²) in [5, 5.41) is 8.70. The first-order valence-electron chi connectivity index (χ1n) is 5.95. The summed E-state index contributed by atoms with van der Waals surface area (Å²) in [5.41, 5.74) is 3.63. The van der Waals surface area contributed by atoms with Crippen LogP contribution >= 0.6 is 0 Å². The van der Waals surface area contributed by atoms with E-state index in [2.05, 4.69) is 45.9 Å². The molecule has 2 nitrogen and oxygen atoms in total. The van der Waals surface area contributed by atoms with Crippen molar-refractivity contribution >= 4 is 0 Å². The summed E-state index contributed by atoms with van der Waals surface area (Å²) in [6.45, 7) is 8.62. The van der Waals surface area contributed by atoms with Crippen molar-refractivity contribution in [2.45, 2.75) is 46.0 Å². The zero-order valence-electron chi connectivity index (χ0n) is 11.4. The van der Waals surface area contributed by atoms with Crippen LogP contribution in [0.1, 0.15) is 43.9 Å². The topological polar surface area (TPSA) is 33.0 Å². The summed E-state index contributed by atoms with van der Waals surface area (Å²) < 4.78 is 5.55. The molecule has 17 heavy (non-hydrogen) atoms. The third-order valence-corrected chi connectivity index (χ3v) is 2.83. The lowest BCUT2D eigenvalue weighted by Gasteiger charge is -2.24. The second-order valence-corrected chi connectivity index (χ2v) is 5.41. The fraction of sp³-hybridized carbons (Fsp3) is 0.533. The number of rotatable bonds is 3. The van der Waals surface area contributed by atoms with Crippen molar-refractivity contribution in [1.29, 1.82) is 5.26 Å². The van der Waals surface area contributed by atoms with E-state index in [1.165, 1.54) is 11.1 Å². The SMILES string of the molecule is COc1c(CCC#N)cc(C)cc1C(C)(C)C. The highest BCUT2D eigenvalue weighted by Crippen LogP contribution is 2.35. The minimum absolute atomic E-state index is 0.0543. The van der Waals surface area contributed by atoms with Crippen LogP contribution in [0.25, 0.3) is 0 Å². The largest absolute Gasteiger partial charge is 0.496 e. The molecule has 0 aromatic heterocycles. The second kappa shape index (κ2) is 5.23. The van der Waals surface area contributed by atoms with Gasteiger partial charge in [-0.3, -0.25) is 0 Å². The number of nitrogens with zero attached hydrogens (tertiary/aromatic N) is 1. The molecule has 0 fully saturated rings. The summed E-state index contributed by atoms with van der Waals surface area (Å²) in [5.74, 6) is 0.943. The Balaban J connectivity index is 3.31.